The van der Waals surface area contributed by atoms with Crippen molar-refractivity contribution >= 4 is 27.7 Å². The Morgan fingerprint density at radius 2 is 2.10 bits per heavy atom. The molecule has 2 aromatic rings. The Morgan fingerprint density at radius 3 is 2.81 bits per heavy atom. The van der Waals surface area contributed by atoms with Crippen molar-refractivity contribution in [2.24, 2.45) is 5.92 Å². The average molecular weight is 449 g/mol. The van der Waals surface area contributed by atoms with Crippen molar-refractivity contribution in [2.45, 2.75) is 24.7 Å². The Kier molecular flexibility index (Phi) is 7.01. The van der Waals surface area contributed by atoms with Gasteiger partial charge in [0.15, 0.2) is 10.7 Å². The summed E-state index contributed by atoms with van der Waals surface area (Å²) >= 11 is 0. The summed E-state index contributed by atoms with van der Waals surface area (Å²) in [7, 11) is 1.30. The van der Waals surface area contributed by atoms with Crippen LogP contribution in [0, 0.1) is 12.8 Å². The molecule has 0 saturated carbocycles. The van der Waals surface area contributed by atoms with E-state index in [0.717, 1.165) is 0 Å². The second-order valence-corrected chi connectivity index (χ2v) is 9.51. The summed E-state index contributed by atoms with van der Waals surface area (Å²) < 4.78 is 38.6. The number of rotatable bonds is 7. The first-order chi connectivity index (χ1) is 14.7. The van der Waals surface area contributed by atoms with Crippen molar-refractivity contribution < 1.29 is 22.5 Å². The number of sulfonamides is 1. The molecule has 3 rings (SSSR count). The van der Waals surface area contributed by atoms with Gasteiger partial charge in [0.05, 0.1) is 18.7 Å². The number of hydrogen-bond donors (Lipinski definition) is 1. The zero-order chi connectivity index (χ0) is 22.6. The summed E-state index contributed by atoms with van der Waals surface area (Å²) in [5.74, 6) is 0.00823. The topological polar surface area (TPSA) is 105 Å². The van der Waals surface area contributed by atoms with Crippen LogP contribution in [0.15, 0.2) is 39.9 Å². The standard InChI is InChI=1S/C21H28N4O5S/c1-15-20(19(30-23-15)11-13-24(2)3)31(27,28)25-12-7-8-16(14-25)21(26)22-17-9-5-6-10-18(17)29-4/h5-6,9-11,13,16H,7-8,12,14H2,1-4H3,(H,22,26)/b13-11+. The van der Waals surface area contributed by atoms with Crippen LogP contribution in [0.2, 0.25) is 0 Å². The first-order valence-corrected chi connectivity index (χ1v) is 11.4. The van der Waals surface area contributed by atoms with Gasteiger partial charge >= 0.3 is 0 Å². The highest BCUT2D eigenvalue weighted by molar-refractivity contribution is 7.89. The van der Waals surface area contributed by atoms with E-state index >= 15 is 0 Å². The zero-order valence-electron chi connectivity index (χ0n) is 18.2. The summed E-state index contributed by atoms with van der Waals surface area (Å²) in [6.07, 6.45) is 4.45. The molecule has 1 saturated heterocycles. The smallest absolute Gasteiger partial charge is 0.248 e. The number of nitrogens with zero attached hydrogens (tertiary/aromatic N) is 3. The van der Waals surface area contributed by atoms with Crippen LogP contribution in [-0.2, 0) is 14.8 Å². The molecule has 1 aromatic heterocycles. The number of aryl methyl sites for hydroxylation is 1. The van der Waals surface area contributed by atoms with Gasteiger partial charge in [0.1, 0.15) is 11.4 Å². The minimum Gasteiger partial charge on any atom is -0.495 e. The predicted octanol–water partition coefficient (Wildman–Crippen LogP) is 2.56. The van der Waals surface area contributed by atoms with Gasteiger partial charge in [-0.1, -0.05) is 17.3 Å². The van der Waals surface area contributed by atoms with Gasteiger partial charge in [-0.2, -0.15) is 4.31 Å². The number of benzene rings is 1. The quantitative estimate of drug-likeness (QED) is 0.694. The largest absolute Gasteiger partial charge is 0.495 e. The van der Waals surface area contributed by atoms with Gasteiger partial charge in [0.25, 0.3) is 0 Å². The molecule has 168 valence electrons. The summed E-state index contributed by atoms with van der Waals surface area (Å²) in [4.78, 5) is 14.7. The molecule has 1 N–H and O–H groups in total. The molecule has 0 aliphatic carbocycles. The van der Waals surface area contributed by atoms with Crippen molar-refractivity contribution in [1.82, 2.24) is 14.4 Å². The van der Waals surface area contributed by atoms with Gasteiger partial charge in [-0.25, -0.2) is 8.42 Å². The first kappa shape index (κ1) is 22.8. The van der Waals surface area contributed by atoms with Gasteiger partial charge in [0.2, 0.25) is 15.9 Å². The fraction of sp³-hybridized carbons (Fsp3) is 0.429. The number of anilines is 1. The van der Waals surface area contributed by atoms with E-state index in [-0.39, 0.29) is 23.1 Å². The SMILES string of the molecule is COc1ccccc1NC(=O)C1CCCN(S(=O)(=O)c2c(C)noc2/C=C/N(C)C)C1. The molecule has 0 spiro atoms. The van der Waals surface area contributed by atoms with Crippen molar-refractivity contribution in [1.29, 1.82) is 0 Å². The summed E-state index contributed by atoms with van der Waals surface area (Å²) in [5, 5.41) is 6.70. The van der Waals surface area contributed by atoms with E-state index in [0.29, 0.717) is 36.5 Å². The predicted molar refractivity (Wildman–Crippen MR) is 117 cm³/mol. The Balaban J connectivity index is 1.80. The molecule has 31 heavy (non-hydrogen) atoms. The lowest BCUT2D eigenvalue weighted by Crippen LogP contribution is -2.43. The van der Waals surface area contributed by atoms with Crippen molar-refractivity contribution in [3.8, 4) is 5.75 Å². The number of para-hydroxylation sites is 2. The molecular formula is C21H28N4O5S. The van der Waals surface area contributed by atoms with Crippen LogP contribution in [0.1, 0.15) is 24.3 Å². The minimum absolute atomic E-state index is 0.0383. The maximum Gasteiger partial charge on any atom is 0.248 e. The van der Waals surface area contributed by atoms with Crippen LogP contribution in [0.25, 0.3) is 6.08 Å². The molecule has 0 bridgehead atoms. The second-order valence-electron chi connectivity index (χ2n) is 7.63. The number of amides is 1. The van der Waals surface area contributed by atoms with Gasteiger partial charge in [-0.05, 0) is 31.9 Å². The van der Waals surface area contributed by atoms with E-state index < -0.39 is 15.9 Å². The fourth-order valence-electron chi connectivity index (χ4n) is 3.50. The molecule has 9 nitrogen and oxygen atoms in total. The summed E-state index contributed by atoms with van der Waals surface area (Å²) in [6, 6.07) is 7.11. The third-order valence-electron chi connectivity index (χ3n) is 5.08. The first-order valence-electron chi connectivity index (χ1n) is 9.99. The lowest BCUT2D eigenvalue weighted by Gasteiger charge is -2.31. The molecular weight excluding hydrogens is 420 g/mol. The Morgan fingerprint density at radius 1 is 1.35 bits per heavy atom. The summed E-state index contributed by atoms with van der Waals surface area (Å²) in [6.45, 7) is 2.02. The maximum atomic E-state index is 13.4. The van der Waals surface area contributed by atoms with Crippen molar-refractivity contribution in [3.63, 3.8) is 0 Å². The van der Waals surface area contributed by atoms with Crippen molar-refractivity contribution in [3.05, 3.63) is 41.9 Å². The number of piperidine rings is 1. The molecule has 1 amide bonds. The molecule has 1 aliphatic heterocycles. The number of carbonyl (C=O) groups is 1. The average Bonchev–Trinajstić information content (AvgIpc) is 3.14. The number of carbonyl (C=O) groups excluding carboxylic acids is 1. The Bertz CT molecular complexity index is 1060. The van der Waals surface area contributed by atoms with Gasteiger partial charge < -0.3 is 19.5 Å². The van der Waals surface area contributed by atoms with Gasteiger partial charge in [-0.3, -0.25) is 4.79 Å². The van der Waals surface area contributed by atoms with Crippen LogP contribution in [0.5, 0.6) is 5.75 Å². The van der Waals surface area contributed by atoms with Crippen molar-refractivity contribution in [2.75, 3.05) is 39.6 Å². The van der Waals surface area contributed by atoms with E-state index in [9.17, 15) is 13.2 Å². The van der Waals surface area contributed by atoms with Crippen LogP contribution < -0.4 is 10.1 Å². The van der Waals surface area contributed by atoms with E-state index in [1.54, 1.807) is 42.3 Å². The molecule has 1 aliphatic rings. The number of hydrogen-bond acceptors (Lipinski definition) is 7. The molecule has 0 radical (unpaired) electrons. The van der Waals surface area contributed by atoms with E-state index in [2.05, 4.69) is 10.5 Å². The molecule has 1 atom stereocenters. The lowest BCUT2D eigenvalue weighted by molar-refractivity contribution is -0.120. The van der Waals surface area contributed by atoms with E-state index in [1.165, 1.54) is 11.4 Å². The number of nitrogens with one attached hydrogen (secondary N) is 1. The van der Waals surface area contributed by atoms with Gasteiger partial charge in [0, 0.05) is 39.5 Å². The van der Waals surface area contributed by atoms with Crippen LogP contribution in [0.4, 0.5) is 5.69 Å². The lowest BCUT2D eigenvalue weighted by atomic mass is 9.98. The Labute approximate surface area is 182 Å². The Hall–Kier alpha value is -2.85. The second kappa shape index (κ2) is 9.52. The third kappa shape index (κ3) is 5.08. The maximum absolute atomic E-state index is 13.4. The van der Waals surface area contributed by atoms with E-state index in [1.807, 2.05) is 20.2 Å². The van der Waals surface area contributed by atoms with Crippen LogP contribution in [0.3, 0.4) is 0 Å². The fourth-order valence-corrected chi connectivity index (χ4v) is 5.28. The molecule has 2 heterocycles. The van der Waals surface area contributed by atoms with E-state index in [4.69, 9.17) is 9.26 Å². The third-order valence-corrected chi connectivity index (χ3v) is 7.10. The number of methoxy groups -OCH3 is 1. The van der Waals surface area contributed by atoms with Crippen LogP contribution in [-0.4, -0.2) is 63.0 Å². The van der Waals surface area contributed by atoms with Gasteiger partial charge in [-0.15, -0.1) is 0 Å². The summed E-state index contributed by atoms with van der Waals surface area (Å²) in [5.41, 5.74) is 0.847. The molecule has 10 heteroatoms. The molecule has 1 fully saturated rings. The molecule has 1 unspecified atom stereocenters. The highest BCUT2D eigenvalue weighted by Crippen LogP contribution is 2.30. The number of ether oxygens (including phenoxy) is 1. The van der Waals surface area contributed by atoms with Crippen LogP contribution >= 0.6 is 0 Å². The zero-order valence-corrected chi connectivity index (χ0v) is 19.0. The monoisotopic (exact) mass is 448 g/mol. The number of aromatic nitrogens is 1. The minimum atomic E-state index is -3.88. The highest BCUT2D eigenvalue weighted by Gasteiger charge is 2.37. The molecule has 1 aromatic carbocycles. The normalized spacial score (nSPS) is 17.6. The highest BCUT2D eigenvalue weighted by atomic mass is 32.2.